The van der Waals surface area contributed by atoms with Crippen LogP contribution in [0.2, 0.25) is 0 Å². The van der Waals surface area contributed by atoms with Crippen molar-refractivity contribution in [3.05, 3.63) is 70.6 Å². The van der Waals surface area contributed by atoms with Crippen LogP contribution in [0, 0.1) is 6.92 Å². The predicted octanol–water partition coefficient (Wildman–Crippen LogP) is 3.65. The summed E-state index contributed by atoms with van der Waals surface area (Å²) in [6.07, 6.45) is 1.50. The van der Waals surface area contributed by atoms with Crippen LogP contribution >= 0.6 is 11.3 Å². The van der Waals surface area contributed by atoms with Gasteiger partial charge in [0.15, 0.2) is 5.13 Å². The second-order valence-corrected chi connectivity index (χ2v) is 7.56. The molecule has 0 unspecified atom stereocenters. The third-order valence-corrected chi connectivity index (χ3v) is 5.24. The smallest absolute Gasteiger partial charge is 0.308 e. The van der Waals surface area contributed by atoms with Gasteiger partial charge in [0.2, 0.25) is 5.91 Å². The molecular formula is C22H23N3O5S. The number of hydrogen-bond acceptors (Lipinski definition) is 7. The van der Waals surface area contributed by atoms with Crippen LogP contribution in [0.4, 0.5) is 5.13 Å². The van der Waals surface area contributed by atoms with Gasteiger partial charge < -0.3 is 14.5 Å². The largest absolute Gasteiger partial charge is 0.469 e. The fourth-order valence-corrected chi connectivity index (χ4v) is 3.67. The molecule has 31 heavy (non-hydrogen) atoms. The maximum absolute atomic E-state index is 12.6. The molecule has 3 rings (SSSR count). The SMILES string of the molecule is CCOC(=O)C[C@H](NC(=O)Cc1csc(NC(=O)c2ccoc2C)n1)c1ccccc1. The van der Waals surface area contributed by atoms with Gasteiger partial charge in [0.05, 0.1) is 43.0 Å². The Morgan fingerprint density at radius 1 is 1.19 bits per heavy atom. The molecule has 162 valence electrons. The van der Waals surface area contributed by atoms with Crippen LogP contribution in [-0.2, 0) is 20.7 Å². The van der Waals surface area contributed by atoms with Crippen molar-refractivity contribution >= 4 is 34.3 Å². The van der Waals surface area contributed by atoms with E-state index in [0.717, 1.165) is 5.56 Å². The van der Waals surface area contributed by atoms with Crippen molar-refractivity contribution in [2.45, 2.75) is 32.7 Å². The van der Waals surface area contributed by atoms with Crippen LogP contribution in [0.25, 0.3) is 0 Å². The van der Waals surface area contributed by atoms with Crippen molar-refractivity contribution in [3.8, 4) is 0 Å². The summed E-state index contributed by atoms with van der Waals surface area (Å²) in [6.45, 7) is 3.71. The number of aromatic nitrogens is 1. The molecule has 0 radical (unpaired) electrons. The van der Waals surface area contributed by atoms with E-state index in [9.17, 15) is 14.4 Å². The van der Waals surface area contributed by atoms with Gasteiger partial charge in [-0.15, -0.1) is 11.3 Å². The van der Waals surface area contributed by atoms with E-state index in [-0.39, 0.29) is 37.2 Å². The topological polar surface area (TPSA) is 111 Å². The summed E-state index contributed by atoms with van der Waals surface area (Å²) in [4.78, 5) is 41.1. The highest BCUT2D eigenvalue weighted by atomic mass is 32.1. The van der Waals surface area contributed by atoms with Crippen LogP contribution in [-0.4, -0.2) is 29.4 Å². The summed E-state index contributed by atoms with van der Waals surface area (Å²) in [6, 6.07) is 10.3. The predicted molar refractivity (Wildman–Crippen MR) is 116 cm³/mol. The van der Waals surface area contributed by atoms with E-state index in [0.29, 0.717) is 22.1 Å². The Balaban J connectivity index is 1.61. The van der Waals surface area contributed by atoms with Crippen LogP contribution in [0.1, 0.15) is 46.8 Å². The number of carbonyl (C=O) groups excluding carboxylic acids is 3. The Morgan fingerprint density at radius 3 is 2.65 bits per heavy atom. The van der Waals surface area contributed by atoms with Gasteiger partial charge in [0.25, 0.3) is 5.91 Å². The van der Waals surface area contributed by atoms with Crippen LogP contribution in [0.15, 0.2) is 52.5 Å². The Labute approximate surface area is 183 Å². The fraction of sp³-hybridized carbons (Fsp3) is 0.273. The maximum atomic E-state index is 12.6. The van der Waals surface area contributed by atoms with Crippen LogP contribution in [0.5, 0.6) is 0 Å². The minimum absolute atomic E-state index is 0.0171. The van der Waals surface area contributed by atoms with E-state index in [1.165, 1.54) is 17.6 Å². The van der Waals surface area contributed by atoms with Gasteiger partial charge in [-0.05, 0) is 25.5 Å². The number of furan rings is 1. The first-order chi connectivity index (χ1) is 15.0. The van der Waals surface area contributed by atoms with E-state index >= 15 is 0 Å². The van der Waals surface area contributed by atoms with Gasteiger partial charge in [0.1, 0.15) is 5.76 Å². The van der Waals surface area contributed by atoms with Crippen molar-refractivity contribution in [1.29, 1.82) is 0 Å². The average molecular weight is 442 g/mol. The Morgan fingerprint density at radius 2 is 1.97 bits per heavy atom. The second kappa shape index (κ2) is 10.5. The molecule has 0 saturated carbocycles. The molecule has 9 heteroatoms. The fourth-order valence-electron chi connectivity index (χ4n) is 2.96. The zero-order chi connectivity index (χ0) is 22.2. The van der Waals surface area contributed by atoms with E-state index in [4.69, 9.17) is 9.15 Å². The van der Waals surface area contributed by atoms with Gasteiger partial charge >= 0.3 is 5.97 Å². The first-order valence-corrected chi connectivity index (χ1v) is 10.6. The highest BCUT2D eigenvalue weighted by molar-refractivity contribution is 7.14. The molecule has 1 aromatic carbocycles. The summed E-state index contributed by atoms with van der Waals surface area (Å²) in [7, 11) is 0. The van der Waals surface area contributed by atoms with Crippen molar-refractivity contribution in [2.75, 3.05) is 11.9 Å². The van der Waals surface area contributed by atoms with Crippen LogP contribution < -0.4 is 10.6 Å². The molecule has 0 fully saturated rings. The van der Waals surface area contributed by atoms with Gasteiger partial charge in [0, 0.05) is 5.38 Å². The Bertz CT molecular complexity index is 1040. The maximum Gasteiger partial charge on any atom is 0.308 e. The van der Waals surface area contributed by atoms with Crippen LogP contribution in [0.3, 0.4) is 0 Å². The number of benzene rings is 1. The van der Waals surface area contributed by atoms with Gasteiger partial charge in [-0.1, -0.05) is 30.3 Å². The van der Waals surface area contributed by atoms with Crippen molar-refractivity contribution in [2.24, 2.45) is 0 Å². The van der Waals surface area contributed by atoms with Gasteiger partial charge in [-0.3, -0.25) is 19.7 Å². The quantitative estimate of drug-likeness (QED) is 0.491. The molecular weight excluding hydrogens is 418 g/mol. The average Bonchev–Trinajstić information content (AvgIpc) is 3.37. The number of anilines is 1. The number of nitrogens with zero attached hydrogens (tertiary/aromatic N) is 1. The minimum atomic E-state index is -0.505. The zero-order valence-electron chi connectivity index (χ0n) is 17.2. The first-order valence-electron chi connectivity index (χ1n) is 9.76. The monoisotopic (exact) mass is 441 g/mol. The molecule has 8 nitrogen and oxygen atoms in total. The highest BCUT2D eigenvalue weighted by Crippen LogP contribution is 2.20. The second-order valence-electron chi connectivity index (χ2n) is 6.71. The lowest BCUT2D eigenvalue weighted by atomic mass is 10.0. The zero-order valence-corrected chi connectivity index (χ0v) is 18.0. The number of hydrogen-bond donors (Lipinski definition) is 2. The lowest BCUT2D eigenvalue weighted by Gasteiger charge is -2.18. The molecule has 0 spiro atoms. The molecule has 0 aliphatic heterocycles. The molecule has 2 aromatic heterocycles. The Hall–Kier alpha value is -3.46. The molecule has 0 aliphatic carbocycles. The van der Waals surface area contributed by atoms with E-state index in [1.807, 2.05) is 30.3 Å². The third kappa shape index (κ3) is 6.26. The van der Waals surface area contributed by atoms with E-state index in [1.54, 1.807) is 25.3 Å². The minimum Gasteiger partial charge on any atom is -0.469 e. The number of amides is 2. The van der Waals surface area contributed by atoms with Gasteiger partial charge in [-0.25, -0.2) is 4.98 Å². The normalized spacial score (nSPS) is 11.5. The summed E-state index contributed by atoms with van der Waals surface area (Å²) < 4.78 is 10.2. The third-order valence-electron chi connectivity index (χ3n) is 4.43. The summed E-state index contributed by atoms with van der Waals surface area (Å²) in [5.74, 6) is -0.478. The molecule has 0 aliphatic rings. The lowest BCUT2D eigenvalue weighted by Crippen LogP contribution is -2.31. The molecule has 2 heterocycles. The van der Waals surface area contributed by atoms with Crippen molar-refractivity contribution < 1.29 is 23.5 Å². The number of aryl methyl sites for hydroxylation is 1. The number of rotatable bonds is 9. The Kier molecular flexibility index (Phi) is 7.55. The molecule has 1 atom stereocenters. The molecule has 2 N–H and O–H groups in total. The number of esters is 1. The standard InChI is InChI=1S/C22H23N3O5S/c1-3-29-20(27)12-18(15-7-5-4-6-8-15)24-19(26)11-16-13-31-22(23-16)25-21(28)17-9-10-30-14(17)2/h4-10,13,18H,3,11-12H2,1-2H3,(H,24,26)(H,23,25,28)/t18-/m0/s1. The van der Waals surface area contributed by atoms with Crippen molar-refractivity contribution in [1.82, 2.24) is 10.3 Å². The lowest BCUT2D eigenvalue weighted by molar-refractivity contribution is -0.143. The summed E-state index contributed by atoms with van der Waals surface area (Å²) in [5, 5.41) is 7.67. The number of ether oxygens (including phenoxy) is 1. The summed E-state index contributed by atoms with van der Waals surface area (Å²) in [5.41, 5.74) is 1.76. The highest BCUT2D eigenvalue weighted by Gasteiger charge is 2.20. The summed E-state index contributed by atoms with van der Waals surface area (Å²) >= 11 is 1.23. The number of carbonyl (C=O) groups is 3. The molecule has 3 aromatic rings. The molecule has 0 saturated heterocycles. The van der Waals surface area contributed by atoms with Gasteiger partial charge in [-0.2, -0.15) is 0 Å². The van der Waals surface area contributed by atoms with E-state index in [2.05, 4.69) is 15.6 Å². The number of nitrogens with one attached hydrogen (secondary N) is 2. The van der Waals surface area contributed by atoms with E-state index < -0.39 is 6.04 Å². The number of thiazole rings is 1. The first kappa shape index (κ1) is 22.2. The van der Waals surface area contributed by atoms with Crippen molar-refractivity contribution in [3.63, 3.8) is 0 Å². The molecule has 0 bridgehead atoms. The molecule has 2 amide bonds.